The Bertz CT molecular complexity index is 1280. The maximum absolute atomic E-state index is 13.2. The Hall–Kier alpha value is -3.91. The molecule has 1 aliphatic heterocycles. The van der Waals surface area contributed by atoms with Crippen LogP contribution < -0.4 is 4.90 Å². The van der Waals surface area contributed by atoms with E-state index in [2.05, 4.69) is 0 Å². The Morgan fingerprint density at radius 3 is 2.39 bits per heavy atom. The molecule has 0 unspecified atom stereocenters. The molecule has 4 rings (SSSR count). The second-order valence-corrected chi connectivity index (χ2v) is 7.37. The molecule has 3 aromatic rings. The molecule has 0 saturated carbocycles. The van der Waals surface area contributed by atoms with Gasteiger partial charge in [-0.15, -0.1) is 0 Å². The van der Waals surface area contributed by atoms with E-state index in [0.717, 1.165) is 15.2 Å². The zero-order chi connectivity index (χ0) is 22.3. The molecule has 9 heteroatoms. The molecule has 1 aliphatic rings. The number of amides is 4. The van der Waals surface area contributed by atoms with Gasteiger partial charge in [-0.3, -0.25) is 19.3 Å². The molecule has 4 amide bonds. The van der Waals surface area contributed by atoms with E-state index in [0.29, 0.717) is 16.2 Å². The number of likely N-dealkylation sites (N-methyl/N-ethyl adjacent to an activating group) is 1. The second-order valence-electron chi connectivity index (χ2n) is 6.93. The van der Waals surface area contributed by atoms with E-state index in [9.17, 15) is 24.3 Å². The predicted octanol–water partition coefficient (Wildman–Crippen LogP) is 3.39. The topological polar surface area (TPSA) is 99.9 Å². The molecular formula is C22H16ClN3O5. The fourth-order valence-corrected chi connectivity index (χ4v) is 3.59. The summed E-state index contributed by atoms with van der Waals surface area (Å²) in [5.41, 5.74) is 1.01. The fourth-order valence-electron chi connectivity index (χ4n) is 3.47. The van der Waals surface area contributed by atoms with Crippen LogP contribution in [0.3, 0.4) is 0 Å². The Kier molecular flexibility index (Phi) is 5.08. The van der Waals surface area contributed by atoms with Gasteiger partial charge in [-0.2, -0.15) is 0 Å². The quantitative estimate of drug-likeness (QED) is 0.498. The average Bonchev–Trinajstić information content (AvgIpc) is 3.08. The molecule has 8 nitrogen and oxygen atoms in total. The molecule has 0 radical (unpaired) electrons. The zero-order valence-electron chi connectivity index (χ0n) is 16.3. The van der Waals surface area contributed by atoms with Gasteiger partial charge in [-0.05, 0) is 42.5 Å². The number of fused-ring (bicyclic) bond motifs is 1. The molecule has 2 aromatic carbocycles. The van der Waals surface area contributed by atoms with Crippen molar-refractivity contribution >= 4 is 58.1 Å². The summed E-state index contributed by atoms with van der Waals surface area (Å²) < 4.78 is 1.49. The number of carboxylic acid groups (broad SMARTS) is 1. The van der Waals surface area contributed by atoms with Crippen LogP contribution in [0.25, 0.3) is 17.0 Å². The van der Waals surface area contributed by atoms with Crippen LogP contribution in [0, 0.1) is 0 Å². The SMILES string of the molecule is CN1C(=O)/C(=C/c2cc3ccccc3n2CC(=O)O)C(=O)N(c2ccc(Cl)cc2)C1=O. The molecule has 156 valence electrons. The van der Waals surface area contributed by atoms with Crippen LogP contribution in [0.5, 0.6) is 0 Å². The number of nitrogens with zero attached hydrogens (tertiary/aromatic N) is 3. The number of aromatic nitrogens is 1. The Morgan fingerprint density at radius 2 is 1.71 bits per heavy atom. The fraction of sp³-hybridized carbons (Fsp3) is 0.0909. The van der Waals surface area contributed by atoms with Crippen LogP contribution in [0.1, 0.15) is 5.69 Å². The number of anilines is 1. The molecule has 31 heavy (non-hydrogen) atoms. The van der Waals surface area contributed by atoms with E-state index in [4.69, 9.17) is 11.6 Å². The van der Waals surface area contributed by atoms with E-state index < -0.39 is 23.8 Å². The number of carboxylic acids is 1. The Balaban J connectivity index is 1.85. The highest BCUT2D eigenvalue weighted by Crippen LogP contribution is 2.28. The zero-order valence-corrected chi connectivity index (χ0v) is 17.0. The summed E-state index contributed by atoms with van der Waals surface area (Å²) in [5.74, 6) is -2.65. The van der Waals surface area contributed by atoms with E-state index in [1.165, 1.54) is 42.0 Å². The number of urea groups is 1. The van der Waals surface area contributed by atoms with Crippen molar-refractivity contribution in [1.29, 1.82) is 0 Å². The van der Waals surface area contributed by atoms with Gasteiger partial charge in [-0.25, -0.2) is 9.69 Å². The summed E-state index contributed by atoms with van der Waals surface area (Å²) in [6.45, 7) is -0.356. The number of hydrogen-bond donors (Lipinski definition) is 1. The lowest BCUT2D eigenvalue weighted by atomic mass is 10.1. The molecule has 0 aliphatic carbocycles. The van der Waals surface area contributed by atoms with Gasteiger partial charge in [0.1, 0.15) is 12.1 Å². The third-order valence-corrected chi connectivity index (χ3v) is 5.21. The molecule has 1 fully saturated rings. The summed E-state index contributed by atoms with van der Waals surface area (Å²) in [4.78, 5) is 51.7. The summed E-state index contributed by atoms with van der Waals surface area (Å²) in [6.07, 6.45) is 1.32. The number of barbiturate groups is 1. The summed E-state index contributed by atoms with van der Waals surface area (Å²) in [5, 5.41) is 10.5. The van der Waals surface area contributed by atoms with Crippen molar-refractivity contribution in [2.75, 3.05) is 11.9 Å². The monoisotopic (exact) mass is 437 g/mol. The first-order valence-corrected chi connectivity index (χ1v) is 9.59. The van der Waals surface area contributed by atoms with E-state index in [1.807, 2.05) is 0 Å². The van der Waals surface area contributed by atoms with E-state index >= 15 is 0 Å². The van der Waals surface area contributed by atoms with Gasteiger partial charge in [0, 0.05) is 28.7 Å². The third kappa shape index (κ3) is 3.57. The maximum Gasteiger partial charge on any atom is 0.338 e. The number of rotatable bonds is 4. The first-order valence-electron chi connectivity index (χ1n) is 9.21. The van der Waals surface area contributed by atoms with E-state index in [1.54, 1.807) is 30.3 Å². The molecular weight excluding hydrogens is 422 g/mol. The highest BCUT2D eigenvalue weighted by atomic mass is 35.5. The molecule has 0 bridgehead atoms. The van der Waals surface area contributed by atoms with Gasteiger partial charge in [0.2, 0.25) is 0 Å². The summed E-state index contributed by atoms with van der Waals surface area (Å²) >= 11 is 5.89. The lowest BCUT2D eigenvalue weighted by Crippen LogP contribution is -2.55. The van der Waals surface area contributed by atoms with Gasteiger partial charge >= 0.3 is 12.0 Å². The van der Waals surface area contributed by atoms with Crippen molar-refractivity contribution in [1.82, 2.24) is 9.47 Å². The molecule has 1 N–H and O–H groups in total. The van der Waals surface area contributed by atoms with Crippen molar-refractivity contribution < 1.29 is 24.3 Å². The first kappa shape index (κ1) is 20.4. The predicted molar refractivity (Wildman–Crippen MR) is 115 cm³/mol. The first-order chi connectivity index (χ1) is 14.8. The number of carbonyl (C=O) groups is 4. The smallest absolute Gasteiger partial charge is 0.338 e. The number of benzene rings is 2. The second kappa shape index (κ2) is 7.73. The highest BCUT2D eigenvalue weighted by Gasteiger charge is 2.41. The number of hydrogen-bond acceptors (Lipinski definition) is 4. The van der Waals surface area contributed by atoms with Gasteiger partial charge in [-0.1, -0.05) is 29.8 Å². The van der Waals surface area contributed by atoms with Crippen LogP contribution in [0.2, 0.25) is 5.02 Å². The number of para-hydroxylation sites is 1. The van der Waals surface area contributed by atoms with Gasteiger partial charge in [0.05, 0.1) is 5.69 Å². The van der Waals surface area contributed by atoms with E-state index in [-0.39, 0.29) is 17.8 Å². The van der Waals surface area contributed by atoms with Crippen LogP contribution in [-0.2, 0) is 20.9 Å². The average molecular weight is 438 g/mol. The number of aliphatic carboxylic acids is 1. The number of halogens is 1. The van der Waals surface area contributed by atoms with Crippen molar-refractivity contribution in [2.24, 2.45) is 0 Å². The lowest BCUT2D eigenvalue weighted by Gasteiger charge is -2.31. The van der Waals surface area contributed by atoms with Crippen molar-refractivity contribution in [3.63, 3.8) is 0 Å². The molecule has 0 spiro atoms. The summed E-state index contributed by atoms with van der Waals surface area (Å²) in [6, 6.07) is 14.1. The highest BCUT2D eigenvalue weighted by molar-refractivity contribution is 6.39. The lowest BCUT2D eigenvalue weighted by molar-refractivity contribution is -0.137. The normalized spacial score (nSPS) is 15.9. The van der Waals surface area contributed by atoms with Crippen LogP contribution in [0.15, 0.2) is 60.2 Å². The molecule has 1 saturated heterocycles. The van der Waals surface area contributed by atoms with Crippen molar-refractivity contribution in [3.8, 4) is 0 Å². The van der Waals surface area contributed by atoms with Gasteiger partial charge < -0.3 is 9.67 Å². The largest absolute Gasteiger partial charge is 0.480 e. The van der Waals surface area contributed by atoms with Crippen molar-refractivity contribution in [3.05, 3.63) is 70.9 Å². The third-order valence-electron chi connectivity index (χ3n) is 4.96. The number of carbonyl (C=O) groups excluding carboxylic acids is 3. The van der Waals surface area contributed by atoms with Crippen molar-refractivity contribution in [2.45, 2.75) is 6.54 Å². The minimum Gasteiger partial charge on any atom is -0.480 e. The molecule has 1 aromatic heterocycles. The molecule has 2 heterocycles. The molecule has 0 atom stereocenters. The van der Waals surface area contributed by atoms with Crippen LogP contribution >= 0.6 is 11.6 Å². The minimum atomic E-state index is -1.07. The summed E-state index contributed by atoms with van der Waals surface area (Å²) in [7, 11) is 1.28. The van der Waals surface area contributed by atoms with Crippen LogP contribution in [0.4, 0.5) is 10.5 Å². The maximum atomic E-state index is 13.2. The van der Waals surface area contributed by atoms with Gasteiger partial charge in [0.15, 0.2) is 0 Å². The Morgan fingerprint density at radius 1 is 1.03 bits per heavy atom. The van der Waals surface area contributed by atoms with Gasteiger partial charge in [0.25, 0.3) is 11.8 Å². The van der Waals surface area contributed by atoms with Crippen LogP contribution in [-0.4, -0.2) is 45.4 Å². The Labute approximate surface area is 181 Å². The minimum absolute atomic E-state index is 0.258. The number of imide groups is 2. The standard InChI is InChI=1S/C22H16ClN3O5/c1-24-20(29)17(21(30)26(22(24)31)15-8-6-14(23)7-9-15)11-16-10-13-4-2-3-5-18(13)25(16)12-19(27)28/h2-11H,12H2,1H3,(H,27,28)/b17-11-.